The molecule has 0 aliphatic heterocycles. The number of rotatable bonds is 3. The predicted octanol–water partition coefficient (Wildman–Crippen LogP) is 1.10. The third kappa shape index (κ3) is 2.13. The number of aliphatic hydroxyl groups excluding tert-OH is 1. The van der Waals surface area contributed by atoms with Crippen LogP contribution in [0.25, 0.3) is 0 Å². The highest BCUT2D eigenvalue weighted by atomic mass is 16.3. The number of anilines is 1. The van der Waals surface area contributed by atoms with Crippen LogP contribution in [0, 0.1) is 6.92 Å². The normalized spacial score (nSPS) is 9.83. The number of phenolic OH excluding ortho intramolecular Hbond substituents is 1. The van der Waals surface area contributed by atoms with E-state index in [1.54, 1.807) is 12.1 Å². The lowest BCUT2D eigenvalue weighted by molar-refractivity contribution is 0.311. The van der Waals surface area contributed by atoms with Crippen LogP contribution < -0.4 is 5.32 Å². The highest BCUT2D eigenvalue weighted by Crippen LogP contribution is 2.23. The molecule has 0 bridgehead atoms. The minimum atomic E-state index is 0.0628. The van der Waals surface area contributed by atoms with Crippen LogP contribution in [0.3, 0.4) is 0 Å². The molecule has 1 rings (SSSR count). The Morgan fingerprint density at radius 2 is 2.17 bits per heavy atom. The number of nitrogens with one attached hydrogen (secondary N) is 1. The first-order valence-electron chi connectivity index (χ1n) is 3.88. The molecule has 0 aromatic heterocycles. The molecule has 3 nitrogen and oxygen atoms in total. The molecule has 0 heterocycles. The first kappa shape index (κ1) is 8.87. The number of aryl methyl sites for hydroxylation is 1. The molecule has 1 aromatic carbocycles. The van der Waals surface area contributed by atoms with Crippen LogP contribution in [0.2, 0.25) is 0 Å². The van der Waals surface area contributed by atoms with E-state index in [0.29, 0.717) is 12.2 Å². The summed E-state index contributed by atoms with van der Waals surface area (Å²) in [5.74, 6) is 0.225. The lowest BCUT2D eigenvalue weighted by atomic mass is 10.2. The summed E-state index contributed by atoms with van der Waals surface area (Å²) in [5.41, 5.74) is 1.68. The van der Waals surface area contributed by atoms with Crippen molar-refractivity contribution in [2.45, 2.75) is 6.92 Å². The Hall–Kier alpha value is -1.22. The Bertz CT molecular complexity index is 261. The Morgan fingerprint density at radius 3 is 2.75 bits per heavy atom. The van der Waals surface area contributed by atoms with Crippen LogP contribution >= 0.6 is 0 Å². The van der Waals surface area contributed by atoms with Gasteiger partial charge in [-0.1, -0.05) is 6.07 Å². The summed E-state index contributed by atoms with van der Waals surface area (Å²) < 4.78 is 0. The van der Waals surface area contributed by atoms with Gasteiger partial charge in [-0.2, -0.15) is 0 Å². The summed E-state index contributed by atoms with van der Waals surface area (Å²) in [7, 11) is 0. The summed E-state index contributed by atoms with van der Waals surface area (Å²) in [6.07, 6.45) is 0. The molecule has 12 heavy (non-hydrogen) atoms. The Morgan fingerprint density at radius 1 is 1.42 bits per heavy atom. The molecule has 0 radical (unpaired) electrons. The molecule has 66 valence electrons. The lowest BCUT2D eigenvalue weighted by Gasteiger charge is -2.06. The van der Waals surface area contributed by atoms with E-state index < -0.39 is 0 Å². The molecule has 0 fully saturated rings. The number of hydrogen-bond donors (Lipinski definition) is 3. The van der Waals surface area contributed by atoms with Gasteiger partial charge in [-0.05, 0) is 24.6 Å². The van der Waals surface area contributed by atoms with Crippen LogP contribution in [0.4, 0.5) is 5.69 Å². The molecular weight excluding hydrogens is 154 g/mol. The molecule has 0 atom stereocenters. The number of hydrogen-bond acceptors (Lipinski definition) is 3. The molecule has 3 heteroatoms. The molecule has 0 aliphatic carbocycles. The molecule has 0 saturated carbocycles. The maximum atomic E-state index is 9.37. The van der Waals surface area contributed by atoms with Crippen LogP contribution in [-0.2, 0) is 0 Å². The van der Waals surface area contributed by atoms with Crippen molar-refractivity contribution in [1.82, 2.24) is 0 Å². The third-order valence-corrected chi connectivity index (χ3v) is 1.58. The van der Waals surface area contributed by atoms with E-state index in [1.807, 2.05) is 13.0 Å². The van der Waals surface area contributed by atoms with E-state index in [1.165, 1.54) is 0 Å². The highest BCUT2D eigenvalue weighted by molar-refractivity contribution is 5.56. The van der Waals surface area contributed by atoms with E-state index in [2.05, 4.69) is 5.32 Å². The standard InChI is InChI=1S/C9H13NO2/c1-7-2-3-8(9(12)6-7)10-4-5-11/h2-3,6,10-12H,4-5H2,1H3. The van der Waals surface area contributed by atoms with E-state index in [9.17, 15) is 5.11 Å². The van der Waals surface area contributed by atoms with Crippen LogP contribution in [-0.4, -0.2) is 23.4 Å². The van der Waals surface area contributed by atoms with E-state index in [-0.39, 0.29) is 12.4 Å². The Labute approximate surface area is 71.7 Å². The predicted molar refractivity (Wildman–Crippen MR) is 48.4 cm³/mol. The molecule has 0 unspecified atom stereocenters. The van der Waals surface area contributed by atoms with Gasteiger partial charge >= 0.3 is 0 Å². The van der Waals surface area contributed by atoms with Crippen molar-refractivity contribution in [2.75, 3.05) is 18.5 Å². The van der Waals surface area contributed by atoms with Crippen molar-refractivity contribution in [3.63, 3.8) is 0 Å². The lowest BCUT2D eigenvalue weighted by Crippen LogP contribution is -2.05. The zero-order valence-electron chi connectivity index (χ0n) is 7.04. The van der Waals surface area contributed by atoms with Crippen molar-refractivity contribution >= 4 is 5.69 Å². The second-order valence-electron chi connectivity index (χ2n) is 2.67. The highest BCUT2D eigenvalue weighted by Gasteiger charge is 1.98. The smallest absolute Gasteiger partial charge is 0.138 e. The van der Waals surface area contributed by atoms with E-state index in [0.717, 1.165) is 5.56 Å². The maximum absolute atomic E-state index is 9.37. The number of aliphatic hydroxyl groups is 1. The summed E-state index contributed by atoms with van der Waals surface area (Å²) in [4.78, 5) is 0. The van der Waals surface area contributed by atoms with E-state index in [4.69, 9.17) is 5.11 Å². The second-order valence-corrected chi connectivity index (χ2v) is 2.67. The van der Waals surface area contributed by atoms with Crippen LogP contribution in [0.5, 0.6) is 5.75 Å². The van der Waals surface area contributed by atoms with Gasteiger partial charge in [0.2, 0.25) is 0 Å². The van der Waals surface area contributed by atoms with Gasteiger partial charge in [0, 0.05) is 6.54 Å². The van der Waals surface area contributed by atoms with Gasteiger partial charge in [0.15, 0.2) is 0 Å². The van der Waals surface area contributed by atoms with Gasteiger partial charge in [0.05, 0.1) is 12.3 Å². The van der Waals surface area contributed by atoms with Gasteiger partial charge in [-0.3, -0.25) is 0 Å². The average Bonchev–Trinajstić information content (AvgIpc) is 2.03. The quantitative estimate of drug-likeness (QED) is 0.591. The number of aromatic hydroxyl groups is 1. The zero-order valence-corrected chi connectivity index (χ0v) is 7.04. The van der Waals surface area contributed by atoms with Crippen molar-refractivity contribution < 1.29 is 10.2 Å². The van der Waals surface area contributed by atoms with E-state index >= 15 is 0 Å². The molecular formula is C9H13NO2. The fraction of sp³-hybridized carbons (Fsp3) is 0.333. The molecule has 0 aliphatic rings. The van der Waals surface area contributed by atoms with Crippen molar-refractivity contribution in [3.8, 4) is 5.75 Å². The van der Waals surface area contributed by atoms with Crippen molar-refractivity contribution in [3.05, 3.63) is 23.8 Å². The van der Waals surface area contributed by atoms with Gasteiger partial charge in [0.1, 0.15) is 5.75 Å². The summed E-state index contributed by atoms with van der Waals surface area (Å²) >= 11 is 0. The number of benzene rings is 1. The van der Waals surface area contributed by atoms with Crippen molar-refractivity contribution in [2.24, 2.45) is 0 Å². The summed E-state index contributed by atoms with van der Waals surface area (Å²) in [5, 5.41) is 20.8. The molecule has 3 N–H and O–H groups in total. The first-order chi connectivity index (χ1) is 5.74. The molecule has 0 spiro atoms. The summed E-state index contributed by atoms with van der Waals surface area (Å²) in [6.45, 7) is 2.43. The second kappa shape index (κ2) is 3.97. The fourth-order valence-electron chi connectivity index (χ4n) is 0.982. The minimum Gasteiger partial charge on any atom is -0.506 e. The van der Waals surface area contributed by atoms with Crippen LogP contribution in [0.15, 0.2) is 18.2 Å². The topological polar surface area (TPSA) is 52.5 Å². The average molecular weight is 167 g/mol. The molecule has 1 aromatic rings. The molecule has 0 saturated heterocycles. The fourth-order valence-corrected chi connectivity index (χ4v) is 0.982. The largest absolute Gasteiger partial charge is 0.506 e. The van der Waals surface area contributed by atoms with Gasteiger partial charge in [0.25, 0.3) is 0 Å². The minimum absolute atomic E-state index is 0.0628. The summed E-state index contributed by atoms with van der Waals surface area (Å²) in [6, 6.07) is 5.37. The molecule has 0 amide bonds. The number of phenols is 1. The van der Waals surface area contributed by atoms with Gasteiger partial charge in [-0.15, -0.1) is 0 Å². The monoisotopic (exact) mass is 167 g/mol. The third-order valence-electron chi connectivity index (χ3n) is 1.58. The zero-order chi connectivity index (χ0) is 8.97. The SMILES string of the molecule is Cc1ccc(NCCO)c(O)c1. The van der Waals surface area contributed by atoms with Gasteiger partial charge in [-0.25, -0.2) is 0 Å². The van der Waals surface area contributed by atoms with Crippen LogP contribution in [0.1, 0.15) is 5.56 Å². The first-order valence-corrected chi connectivity index (χ1v) is 3.88. The Kier molecular flexibility index (Phi) is 2.94. The Balaban J connectivity index is 2.72. The van der Waals surface area contributed by atoms with Gasteiger partial charge < -0.3 is 15.5 Å². The maximum Gasteiger partial charge on any atom is 0.138 e. The van der Waals surface area contributed by atoms with Crippen molar-refractivity contribution in [1.29, 1.82) is 0 Å².